The Morgan fingerprint density at radius 2 is 1.93 bits per heavy atom. The first-order valence-electron chi connectivity index (χ1n) is 10.1. The number of fused-ring (bicyclic) bond motifs is 2. The molecule has 3 aromatic rings. The Kier molecular flexibility index (Phi) is 4.43. The van der Waals surface area contributed by atoms with E-state index in [1.54, 1.807) is 0 Å². The van der Waals surface area contributed by atoms with Gasteiger partial charge in [-0.15, -0.1) is 5.10 Å². The number of aryl methyl sites for hydroxylation is 2. The summed E-state index contributed by atoms with van der Waals surface area (Å²) in [5.74, 6) is 0.869. The summed E-state index contributed by atoms with van der Waals surface area (Å²) in [6.45, 7) is 1.75. The van der Waals surface area contributed by atoms with Crippen LogP contribution in [0, 0.1) is 0 Å². The zero-order valence-electron chi connectivity index (χ0n) is 15.8. The monoisotopic (exact) mass is 376 g/mol. The van der Waals surface area contributed by atoms with Crippen molar-refractivity contribution in [1.29, 1.82) is 0 Å². The summed E-state index contributed by atoms with van der Waals surface area (Å²) in [7, 11) is 0. The summed E-state index contributed by atoms with van der Waals surface area (Å²) >= 11 is 0. The number of aromatic amines is 1. The molecule has 2 aromatic heterocycles. The Labute approximate surface area is 163 Å². The van der Waals surface area contributed by atoms with Crippen molar-refractivity contribution in [2.24, 2.45) is 0 Å². The first-order valence-corrected chi connectivity index (χ1v) is 10.1. The Morgan fingerprint density at radius 1 is 1.11 bits per heavy atom. The van der Waals surface area contributed by atoms with Crippen molar-refractivity contribution in [1.82, 2.24) is 25.7 Å². The standard InChI is InChI=1S/C21H24N6O/c28-21(20-16-6-2-4-8-18(16)24-26-20)22-15-9-11-27(12-10-15)19-13-14-5-1-3-7-17(14)23-25-19/h2,4,6,8,13,15H,1,3,5,7,9-12H2,(H,22,28)(H,24,26). The molecular formula is C21H24N6O. The van der Waals surface area contributed by atoms with Gasteiger partial charge in [0.05, 0.1) is 11.2 Å². The first-order chi connectivity index (χ1) is 13.8. The van der Waals surface area contributed by atoms with Gasteiger partial charge in [-0.05, 0) is 56.2 Å². The third kappa shape index (κ3) is 3.21. The molecule has 0 bridgehead atoms. The molecule has 1 fully saturated rings. The van der Waals surface area contributed by atoms with Gasteiger partial charge in [0.25, 0.3) is 5.91 Å². The van der Waals surface area contributed by atoms with Gasteiger partial charge in [0.1, 0.15) is 0 Å². The maximum absolute atomic E-state index is 12.7. The molecule has 0 unspecified atom stereocenters. The van der Waals surface area contributed by atoms with Crippen molar-refractivity contribution < 1.29 is 4.79 Å². The highest BCUT2D eigenvalue weighted by atomic mass is 16.2. The number of hydrogen-bond acceptors (Lipinski definition) is 5. The topological polar surface area (TPSA) is 86.8 Å². The molecule has 0 atom stereocenters. The van der Waals surface area contributed by atoms with E-state index in [2.05, 4.69) is 36.7 Å². The number of anilines is 1. The van der Waals surface area contributed by atoms with E-state index in [1.165, 1.54) is 24.1 Å². The second-order valence-corrected chi connectivity index (χ2v) is 7.73. The fourth-order valence-corrected chi connectivity index (χ4v) is 4.28. The molecule has 3 heterocycles. The summed E-state index contributed by atoms with van der Waals surface area (Å²) in [5.41, 5.74) is 3.88. The quantitative estimate of drug-likeness (QED) is 0.734. The summed E-state index contributed by atoms with van der Waals surface area (Å²) in [4.78, 5) is 15.0. The molecule has 7 heteroatoms. The number of carbonyl (C=O) groups excluding carboxylic acids is 1. The molecule has 7 nitrogen and oxygen atoms in total. The van der Waals surface area contributed by atoms with Crippen molar-refractivity contribution in [2.75, 3.05) is 18.0 Å². The summed E-state index contributed by atoms with van der Waals surface area (Å²) < 4.78 is 0. The molecule has 2 aliphatic rings. The molecule has 0 saturated carbocycles. The minimum absolute atomic E-state index is 0.107. The third-order valence-electron chi connectivity index (χ3n) is 5.90. The van der Waals surface area contributed by atoms with Crippen molar-refractivity contribution in [3.8, 4) is 0 Å². The molecule has 1 aliphatic heterocycles. The molecule has 28 heavy (non-hydrogen) atoms. The lowest BCUT2D eigenvalue weighted by Gasteiger charge is -2.33. The number of rotatable bonds is 3. The predicted molar refractivity (Wildman–Crippen MR) is 107 cm³/mol. The minimum atomic E-state index is -0.107. The van der Waals surface area contributed by atoms with E-state index in [0.717, 1.165) is 55.5 Å². The molecule has 2 N–H and O–H groups in total. The Morgan fingerprint density at radius 3 is 2.82 bits per heavy atom. The van der Waals surface area contributed by atoms with Crippen LogP contribution >= 0.6 is 0 Å². The van der Waals surface area contributed by atoms with Crippen LogP contribution in [0.3, 0.4) is 0 Å². The van der Waals surface area contributed by atoms with Crippen LogP contribution in [0.5, 0.6) is 0 Å². The third-order valence-corrected chi connectivity index (χ3v) is 5.90. The van der Waals surface area contributed by atoms with Gasteiger partial charge < -0.3 is 10.2 Å². The van der Waals surface area contributed by atoms with Crippen LogP contribution in [0.1, 0.15) is 47.4 Å². The number of benzene rings is 1. The smallest absolute Gasteiger partial charge is 0.272 e. The van der Waals surface area contributed by atoms with Gasteiger partial charge in [-0.2, -0.15) is 10.2 Å². The average molecular weight is 376 g/mol. The second-order valence-electron chi connectivity index (χ2n) is 7.73. The fraction of sp³-hybridized carbons (Fsp3) is 0.429. The minimum Gasteiger partial charge on any atom is -0.355 e. The van der Waals surface area contributed by atoms with E-state index in [-0.39, 0.29) is 11.9 Å². The van der Waals surface area contributed by atoms with Gasteiger partial charge in [-0.3, -0.25) is 9.89 Å². The van der Waals surface area contributed by atoms with E-state index in [9.17, 15) is 4.79 Å². The number of amides is 1. The average Bonchev–Trinajstić information content (AvgIpc) is 3.18. The number of piperidine rings is 1. The van der Waals surface area contributed by atoms with Crippen molar-refractivity contribution in [3.05, 3.63) is 47.3 Å². The number of hydrogen-bond donors (Lipinski definition) is 2. The molecule has 1 amide bonds. The largest absolute Gasteiger partial charge is 0.355 e. The highest BCUT2D eigenvalue weighted by Gasteiger charge is 2.24. The van der Waals surface area contributed by atoms with E-state index in [4.69, 9.17) is 0 Å². The van der Waals surface area contributed by atoms with Crippen LogP contribution in [0.2, 0.25) is 0 Å². The van der Waals surface area contributed by atoms with Crippen LogP contribution in [0.4, 0.5) is 5.82 Å². The molecule has 144 valence electrons. The highest BCUT2D eigenvalue weighted by molar-refractivity contribution is 6.04. The van der Waals surface area contributed by atoms with Crippen molar-refractivity contribution >= 4 is 22.6 Å². The molecule has 0 spiro atoms. The SMILES string of the molecule is O=C(NC1CCN(c2cc3c(nn2)CCCC3)CC1)c1n[nH]c2ccccc12. The van der Waals surface area contributed by atoms with E-state index >= 15 is 0 Å². The van der Waals surface area contributed by atoms with Gasteiger partial charge >= 0.3 is 0 Å². The molecule has 5 rings (SSSR count). The zero-order valence-corrected chi connectivity index (χ0v) is 15.8. The van der Waals surface area contributed by atoms with E-state index < -0.39 is 0 Å². The number of H-pyrrole nitrogens is 1. The molecule has 1 saturated heterocycles. The first kappa shape index (κ1) is 17.2. The zero-order chi connectivity index (χ0) is 18.9. The van der Waals surface area contributed by atoms with Crippen LogP contribution in [0.25, 0.3) is 10.9 Å². The predicted octanol–water partition coefficient (Wildman–Crippen LogP) is 2.63. The Bertz CT molecular complexity index is 1010. The summed E-state index contributed by atoms with van der Waals surface area (Å²) in [6.07, 6.45) is 6.42. The number of para-hydroxylation sites is 1. The molecule has 1 aromatic carbocycles. The fourth-order valence-electron chi connectivity index (χ4n) is 4.28. The number of carbonyl (C=O) groups is 1. The number of nitrogens with one attached hydrogen (secondary N) is 2. The lowest BCUT2D eigenvalue weighted by atomic mass is 9.96. The van der Waals surface area contributed by atoms with Crippen LogP contribution in [-0.2, 0) is 12.8 Å². The van der Waals surface area contributed by atoms with Crippen molar-refractivity contribution in [2.45, 2.75) is 44.6 Å². The maximum Gasteiger partial charge on any atom is 0.272 e. The normalized spacial score (nSPS) is 17.5. The van der Waals surface area contributed by atoms with Gasteiger partial charge in [-0.1, -0.05) is 18.2 Å². The second kappa shape index (κ2) is 7.22. The van der Waals surface area contributed by atoms with Gasteiger partial charge in [0, 0.05) is 24.5 Å². The Hall–Kier alpha value is -2.96. The Balaban J connectivity index is 1.22. The highest BCUT2D eigenvalue weighted by Crippen LogP contribution is 2.24. The van der Waals surface area contributed by atoms with Crippen LogP contribution in [0.15, 0.2) is 30.3 Å². The molecule has 0 radical (unpaired) electrons. The van der Waals surface area contributed by atoms with Crippen LogP contribution in [-0.4, -0.2) is 45.4 Å². The molecular weight excluding hydrogens is 352 g/mol. The van der Waals surface area contributed by atoms with Gasteiger partial charge in [0.2, 0.25) is 0 Å². The van der Waals surface area contributed by atoms with Gasteiger partial charge in [-0.25, -0.2) is 0 Å². The maximum atomic E-state index is 12.7. The molecule has 1 aliphatic carbocycles. The number of aromatic nitrogens is 4. The van der Waals surface area contributed by atoms with Gasteiger partial charge in [0.15, 0.2) is 11.5 Å². The number of nitrogens with zero attached hydrogens (tertiary/aromatic N) is 4. The summed E-state index contributed by atoms with van der Waals surface area (Å²) in [5, 5.41) is 20.0. The lowest BCUT2D eigenvalue weighted by Crippen LogP contribution is -2.45. The van der Waals surface area contributed by atoms with Crippen molar-refractivity contribution in [3.63, 3.8) is 0 Å². The lowest BCUT2D eigenvalue weighted by molar-refractivity contribution is 0.0927. The summed E-state index contributed by atoms with van der Waals surface area (Å²) in [6, 6.07) is 10.1. The van der Waals surface area contributed by atoms with E-state index in [0.29, 0.717) is 5.69 Å². The van der Waals surface area contributed by atoms with Crippen LogP contribution < -0.4 is 10.2 Å². The van der Waals surface area contributed by atoms with E-state index in [1.807, 2.05) is 24.3 Å².